The molecule has 0 saturated carbocycles. The average Bonchev–Trinajstić information content (AvgIpc) is 2.34. The zero-order valence-electron chi connectivity index (χ0n) is 11.1. The fraction of sp³-hybridized carbons (Fsp3) is 0.571. The standard InChI is InChI=1S/C14H24N2S/c1-12(2)16(3)13(9-10-15)11-17-14-7-5-4-6-8-14/h4-8,12-13H,9-11,15H2,1-3H3/t13-/m1/s1. The summed E-state index contributed by atoms with van der Waals surface area (Å²) in [6, 6.07) is 11.7. The Morgan fingerprint density at radius 2 is 1.88 bits per heavy atom. The molecule has 3 heteroatoms. The van der Waals surface area contributed by atoms with E-state index in [0.717, 1.165) is 18.7 Å². The van der Waals surface area contributed by atoms with E-state index in [9.17, 15) is 0 Å². The van der Waals surface area contributed by atoms with Crippen molar-refractivity contribution in [3.63, 3.8) is 0 Å². The van der Waals surface area contributed by atoms with Crippen LogP contribution in [0.5, 0.6) is 0 Å². The van der Waals surface area contributed by atoms with Crippen molar-refractivity contribution in [2.45, 2.75) is 37.2 Å². The number of rotatable bonds is 7. The maximum absolute atomic E-state index is 5.70. The van der Waals surface area contributed by atoms with Gasteiger partial charge in [0.1, 0.15) is 0 Å². The molecule has 0 aliphatic rings. The molecular weight excluding hydrogens is 228 g/mol. The predicted molar refractivity (Wildman–Crippen MR) is 77.5 cm³/mol. The molecule has 0 heterocycles. The summed E-state index contributed by atoms with van der Waals surface area (Å²) in [5.74, 6) is 1.11. The van der Waals surface area contributed by atoms with Crippen LogP contribution in [0.15, 0.2) is 35.2 Å². The molecule has 0 aliphatic heterocycles. The quantitative estimate of drug-likeness (QED) is 0.757. The number of hydrogen-bond donors (Lipinski definition) is 1. The second-order valence-corrected chi connectivity index (χ2v) is 5.71. The van der Waals surface area contributed by atoms with Gasteiger partial charge in [-0.2, -0.15) is 0 Å². The van der Waals surface area contributed by atoms with Crippen LogP contribution in [0.25, 0.3) is 0 Å². The second-order valence-electron chi connectivity index (χ2n) is 4.61. The van der Waals surface area contributed by atoms with Crippen LogP contribution in [0, 0.1) is 0 Å². The van der Waals surface area contributed by atoms with Crippen LogP contribution in [0.2, 0.25) is 0 Å². The van der Waals surface area contributed by atoms with Gasteiger partial charge in [0.2, 0.25) is 0 Å². The van der Waals surface area contributed by atoms with Crippen molar-refractivity contribution in [2.75, 3.05) is 19.3 Å². The van der Waals surface area contributed by atoms with Gasteiger partial charge < -0.3 is 10.6 Å². The van der Waals surface area contributed by atoms with Crippen molar-refractivity contribution in [3.05, 3.63) is 30.3 Å². The predicted octanol–water partition coefficient (Wildman–Crippen LogP) is 2.84. The molecule has 0 bridgehead atoms. The SMILES string of the molecule is CC(C)N(C)[C@H](CCN)CSc1ccccc1. The summed E-state index contributed by atoms with van der Waals surface area (Å²) in [6.45, 7) is 5.23. The van der Waals surface area contributed by atoms with Gasteiger partial charge >= 0.3 is 0 Å². The van der Waals surface area contributed by atoms with Crippen LogP contribution in [-0.4, -0.2) is 36.3 Å². The monoisotopic (exact) mass is 252 g/mol. The Bertz CT molecular complexity index is 300. The van der Waals surface area contributed by atoms with Gasteiger partial charge in [0, 0.05) is 22.7 Å². The first-order valence-corrected chi connectivity index (χ1v) is 7.23. The zero-order chi connectivity index (χ0) is 12.7. The van der Waals surface area contributed by atoms with Gasteiger partial charge in [-0.05, 0) is 46.0 Å². The number of benzene rings is 1. The molecule has 96 valence electrons. The van der Waals surface area contributed by atoms with E-state index < -0.39 is 0 Å². The molecule has 0 spiro atoms. The fourth-order valence-electron chi connectivity index (χ4n) is 1.73. The minimum Gasteiger partial charge on any atom is -0.330 e. The van der Waals surface area contributed by atoms with Crippen LogP contribution in [-0.2, 0) is 0 Å². The molecule has 0 unspecified atom stereocenters. The molecule has 2 N–H and O–H groups in total. The fourth-order valence-corrected chi connectivity index (χ4v) is 2.86. The van der Waals surface area contributed by atoms with Crippen LogP contribution < -0.4 is 5.73 Å². The first kappa shape index (κ1) is 14.6. The molecule has 1 rings (SSSR count). The van der Waals surface area contributed by atoms with Crippen molar-refractivity contribution >= 4 is 11.8 Å². The molecule has 1 aromatic rings. The lowest BCUT2D eigenvalue weighted by atomic mass is 10.2. The minimum atomic E-state index is 0.560. The highest BCUT2D eigenvalue weighted by Crippen LogP contribution is 2.21. The summed E-state index contributed by atoms with van der Waals surface area (Å²) >= 11 is 1.92. The first-order chi connectivity index (χ1) is 8.15. The van der Waals surface area contributed by atoms with Crippen molar-refractivity contribution in [2.24, 2.45) is 5.73 Å². The normalized spacial score (nSPS) is 13.3. The third-order valence-corrected chi connectivity index (χ3v) is 4.23. The van der Waals surface area contributed by atoms with E-state index in [4.69, 9.17) is 5.73 Å². The van der Waals surface area contributed by atoms with E-state index in [1.165, 1.54) is 4.90 Å². The Balaban J connectivity index is 2.50. The Labute approximate surface area is 110 Å². The smallest absolute Gasteiger partial charge is 0.0201 e. The summed E-state index contributed by atoms with van der Waals surface area (Å²) in [5, 5.41) is 0. The van der Waals surface area contributed by atoms with Crippen LogP contribution in [0.1, 0.15) is 20.3 Å². The van der Waals surface area contributed by atoms with Gasteiger partial charge in [-0.15, -0.1) is 11.8 Å². The van der Waals surface area contributed by atoms with Gasteiger partial charge in [0.05, 0.1) is 0 Å². The Morgan fingerprint density at radius 3 is 2.41 bits per heavy atom. The molecule has 1 atom stereocenters. The van der Waals surface area contributed by atoms with Gasteiger partial charge in [0.15, 0.2) is 0 Å². The van der Waals surface area contributed by atoms with E-state index in [-0.39, 0.29) is 0 Å². The van der Waals surface area contributed by atoms with E-state index in [1.807, 2.05) is 11.8 Å². The molecule has 0 fully saturated rings. The Kier molecular flexibility index (Phi) is 6.63. The largest absolute Gasteiger partial charge is 0.330 e. The first-order valence-electron chi connectivity index (χ1n) is 6.25. The van der Waals surface area contributed by atoms with E-state index >= 15 is 0 Å². The van der Waals surface area contributed by atoms with E-state index in [0.29, 0.717) is 12.1 Å². The lowest BCUT2D eigenvalue weighted by Gasteiger charge is -2.31. The molecule has 17 heavy (non-hydrogen) atoms. The number of hydrogen-bond acceptors (Lipinski definition) is 3. The Hall–Kier alpha value is -0.510. The maximum atomic E-state index is 5.70. The summed E-state index contributed by atoms with van der Waals surface area (Å²) in [6.07, 6.45) is 1.06. The highest BCUT2D eigenvalue weighted by molar-refractivity contribution is 7.99. The second kappa shape index (κ2) is 7.75. The van der Waals surface area contributed by atoms with E-state index in [1.54, 1.807) is 0 Å². The van der Waals surface area contributed by atoms with Crippen molar-refractivity contribution in [3.8, 4) is 0 Å². The Morgan fingerprint density at radius 1 is 1.24 bits per heavy atom. The topological polar surface area (TPSA) is 29.3 Å². The van der Waals surface area contributed by atoms with E-state index in [2.05, 4.69) is 56.1 Å². The van der Waals surface area contributed by atoms with Crippen molar-refractivity contribution in [1.82, 2.24) is 4.90 Å². The molecule has 0 aliphatic carbocycles. The summed E-state index contributed by atoms with van der Waals surface area (Å²) in [5.41, 5.74) is 5.70. The van der Waals surface area contributed by atoms with Crippen LogP contribution in [0.4, 0.5) is 0 Å². The molecule has 0 saturated heterocycles. The molecule has 0 aromatic heterocycles. The summed E-state index contributed by atoms with van der Waals surface area (Å²) < 4.78 is 0. The summed E-state index contributed by atoms with van der Waals surface area (Å²) in [7, 11) is 2.19. The number of nitrogens with two attached hydrogens (primary N) is 1. The molecular formula is C14H24N2S. The van der Waals surface area contributed by atoms with Crippen LogP contribution >= 0.6 is 11.8 Å². The molecule has 0 amide bonds. The van der Waals surface area contributed by atoms with Crippen LogP contribution in [0.3, 0.4) is 0 Å². The molecule has 2 nitrogen and oxygen atoms in total. The van der Waals surface area contributed by atoms with Gasteiger partial charge in [-0.25, -0.2) is 0 Å². The third kappa shape index (κ3) is 5.11. The lowest BCUT2D eigenvalue weighted by molar-refractivity contribution is 0.204. The van der Waals surface area contributed by atoms with Gasteiger partial charge in [0.25, 0.3) is 0 Å². The van der Waals surface area contributed by atoms with Gasteiger partial charge in [-0.1, -0.05) is 18.2 Å². The number of nitrogens with zero attached hydrogens (tertiary/aromatic N) is 1. The maximum Gasteiger partial charge on any atom is 0.0201 e. The lowest BCUT2D eigenvalue weighted by Crippen LogP contribution is -2.40. The van der Waals surface area contributed by atoms with Crippen molar-refractivity contribution < 1.29 is 0 Å². The highest BCUT2D eigenvalue weighted by atomic mass is 32.2. The average molecular weight is 252 g/mol. The zero-order valence-corrected chi connectivity index (χ0v) is 11.9. The highest BCUT2D eigenvalue weighted by Gasteiger charge is 2.16. The summed E-state index contributed by atoms with van der Waals surface area (Å²) in [4.78, 5) is 3.76. The minimum absolute atomic E-state index is 0.560. The molecule has 0 radical (unpaired) electrons. The van der Waals surface area contributed by atoms with Gasteiger partial charge in [-0.3, -0.25) is 0 Å². The van der Waals surface area contributed by atoms with Crippen molar-refractivity contribution in [1.29, 1.82) is 0 Å². The third-order valence-electron chi connectivity index (χ3n) is 3.08. The molecule has 1 aromatic carbocycles. The number of thioether (sulfide) groups is 1.